The summed E-state index contributed by atoms with van der Waals surface area (Å²) < 4.78 is 17.2. The molecule has 19 heavy (non-hydrogen) atoms. The second-order valence-electron chi connectivity index (χ2n) is 4.09. The van der Waals surface area contributed by atoms with Gasteiger partial charge in [0.25, 0.3) is 0 Å². The van der Waals surface area contributed by atoms with Crippen LogP contribution in [0.25, 0.3) is 0 Å². The SMILES string of the molecule is CCNc1nc(C2COCCO2)nc(COC)c1I. The lowest BCUT2D eigenvalue weighted by Gasteiger charge is -2.23. The van der Waals surface area contributed by atoms with Gasteiger partial charge in [0.2, 0.25) is 0 Å². The maximum absolute atomic E-state index is 5.65. The van der Waals surface area contributed by atoms with Crippen molar-refractivity contribution in [1.29, 1.82) is 0 Å². The lowest BCUT2D eigenvalue weighted by atomic mass is 10.3. The minimum Gasteiger partial charge on any atom is -0.378 e. The third-order valence-corrected chi connectivity index (χ3v) is 3.80. The maximum atomic E-state index is 5.65. The van der Waals surface area contributed by atoms with E-state index < -0.39 is 0 Å². The van der Waals surface area contributed by atoms with Gasteiger partial charge >= 0.3 is 0 Å². The van der Waals surface area contributed by atoms with Crippen LogP contribution in [0.2, 0.25) is 0 Å². The Hall–Kier alpha value is -0.510. The number of hydrogen-bond donors (Lipinski definition) is 1. The molecule has 1 aromatic heterocycles. The van der Waals surface area contributed by atoms with Crippen LogP contribution in [0.5, 0.6) is 0 Å². The molecule has 0 saturated carbocycles. The molecular formula is C12H18IN3O3. The summed E-state index contributed by atoms with van der Waals surface area (Å²) in [6.07, 6.45) is -0.196. The zero-order valence-electron chi connectivity index (χ0n) is 11.1. The summed E-state index contributed by atoms with van der Waals surface area (Å²) in [7, 11) is 1.66. The summed E-state index contributed by atoms with van der Waals surface area (Å²) in [5, 5.41) is 3.24. The van der Waals surface area contributed by atoms with E-state index in [-0.39, 0.29) is 6.10 Å². The van der Waals surface area contributed by atoms with Crippen LogP contribution in [0.15, 0.2) is 0 Å². The highest BCUT2D eigenvalue weighted by molar-refractivity contribution is 14.1. The Morgan fingerprint density at radius 1 is 1.42 bits per heavy atom. The van der Waals surface area contributed by atoms with Crippen LogP contribution < -0.4 is 5.32 Å². The van der Waals surface area contributed by atoms with Gasteiger partial charge in [0, 0.05) is 13.7 Å². The number of hydrogen-bond acceptors (Lipinski definition) is 6. The van der Waals surface area contributed by atoms with Crippen LogP contribution in [0, 0.1) is 3.57 Å². The second-order valence-corrected chi connectivity index (χ2v) is 5.17. The standard InChI is InChI=1S/C12H18IN3O3/c1-3-14-12-10(13)8(6-17-2)15-11(16-12)9-7-18-4-5-19-9/h9H,3-7H2,1-2H3,(H,14,15,16). The van der Waals surface area contributed by atoms with Crippen LogP contribution in [0.1, 0.15) is 24.5 Å². The normalized spacial score (nSPS) is 19.4. The topological polar surface area (TPSA) is 65.5 Å². The van der Waals surface area contributed by atoms with Crippen molar-refractivity contribution in [1.82, 2.24) is 9.97 Å². The van der Waals surface area contributed by atoms with E-state index in [0.717, 1.165) is 21.6 Å². The minimum absolute atomic E-state index is 0.196. The van der Waals surface area contributed by atoms with Crippen LogP contribution in [0.3, 0.4) is 0 Å². The van der Waals surface area contributed by atoms with Crippen LogP contribution >= 0.6 is 22.6 Å². The van der Waals surface area contributed by atoms with E-state index in [1.807, 2.05) is 6.92 Å². The molecule has 0 aliphatic carbocycles. The largest absolute Gasteiger partial charge is 0.378 e. The van der Waals surface area contributed by atoms with E-state index in [1.54, 1.807) is 7.11 Å². The molecule has 7 heteroatoms. The van der Waals surface area contributed by atoms with Gasteiger partial charge in [-0.1, -0.05) is 0 Å². The number of anilines is 1. The molecule has 0 radical (unpaired) electrons. The fraction of sp³-hybridized carbons (Fsp3) is 0.667. The van der Waals surface area contributed by atoms with Gasteiger partial charge in [-0.15, -0.1) is 0 Å². The first-order valence-corrected chi connectivity index (χ1v) is 7.32. The summed E-state index contributed by atoms with van der Waals surface area (Å²) in [5.41, 5.74) is 0.873. The molecule has 2 heterocycles. The second kappa shape index (κ2) is 7.32. The number of nitrogens with zero attached hydrogens (tertiary/aromatic N) is 2. The van der Waals surface area contributed by atoms with Gasteiger partial charge in [0.1, 0.15) is 11.9 Å². The Kier molecular flexibility index (Phi) is 5.74. The molecule has 0 aromatic carbocycles. The van der Waals surface area contributed by atoms with Gasteiger partial charge in [-0.3, -0.25) is 0 Å². The van der Waals surface area contributed by atoms with Crippen molar-refractivity contribution in [3.8, 4) is 0 Å². The van der Waals surface area contributed by atoms with E-state index >= 15 is 0 Å². The Labute approximate surface area is 126 Å². The van der Waals surface area contributed by atoms with Crippen molar-refractivity contribution >= 4 is 28.4 Å². The Balaban J connectivity index is 2.30. The van der Waals surface area contributed by atoms with E-state index in [1.165, 1.54) is 0 Å². The Morgan fingerprint density at radius 2 is 2.26 bits per heavy atom. The summed E-state index contributed by atoms with van der Waals surface area (Å²) in [5.74, 6) is 1.48. The van der Waals surface area contributed by atoms with E-state index in [0.29, 0.717) is 32.3 Å². The molecular weight excluding hydrogens is 361 g/mol. The maximum Gasteiger partial charge on any atom is 0.162 e. The number of halogens is 1. The van der Waals surface area contributed by atoms with Gasteiger partial charge in [-0.2, -0.15) is 0 Å². The zero-order chi connectivity index (χ0) is 13.7. The molecule has 1 N–H and O–H groups in total. The van der Waals surface area contributed by atoms with Crippen molar-refractivity contribution in [3.63, 3.8) is 0 Å². The average molecular weight is 379 g/mol. The van der Waals surface area contributed by atoms with Crippen molar-refractivity contribution in [2.45, 2.75) is 19.6 Å². The molecule has 0 spiro atoms. The third-order valence-electron chi connectivity index (χ3n) is 2.67. The van der Waals surface area contributed by atoms with Gasteiger partial charge in [0.05, 0.1) is 35.7 Å². The third kappa shape index (κ3) is 3.74. The van der Waals surface area contributed by atoms with E-state index in [9.17, 15) is 0 Å². The summed E-state index contributed by atoms with van der Waals surface area (Å²) in [6.45, 7) is 5.01. The molecule has 6 nitrogen and oxygen atoms in total. The predicted octanol–water partition coefficient (Wildman–Crippen LogP) is 1.75. The van der Waals surface area contributed by atoms with E-state index in [2.05, 4.69) is 37.9 Å². The van der Waals surface area contributed by atoms with Crippen molar-refractivity contribution < 1.29 is 14.2 Å². The summed E-state index contributed by atoms with van der Waals surface area (Å²) in [6, 6.07) is 0. The first-order valence-electron chi connectivity index (χ1n) is 6.24. The molecule has 1 unspecified atom stereocenters. The Morgan fingerprint density at radius 3 is 2.89 bits per heavy atom. The fourth-order valence-electron chi connectivity index (χ4n) is 1.81. The average Bonchev–Trinajstić information content (AvgIpc) is 2.44. The van der Waals surface area contributed by atoms with Crippen molar-refractivity contribution in [2.24, 2.45) is 0 Å². The minimum atomic E-state index is -0.196. The lowest BCUT2D eigenvalue weighted by Crippen LogP contribution is -2.25. The van der Waals surface area contributed by atoms with Gasteiger partial charge in [0.15, 0.2) is 5.82 Å². The number of aromatic nitrogens is 2. The van der Waals surface area contributed by atoms with Crippen molar-refractivity contribution in [2.75, 3.05) is 38.8 Å². The predicted molar refractivity (Wildman–Crippen MR) is 79.1 cm³/mol. The Bertz CT molecular complexity index is 398. The fourth-order valence-corrected chi connectivity index (χ4v) is 2.40. The van der Waals surface area contributed by atoms with Crippen LogP contribution in [-0.2, 0) is 20.8 Å². The quantitative estimate of drug-likeness (QED) is 0.787. The van der Waals surface area contributed by atoms with Crippen LogP contribution in [-0.4, -0.2) is 43.4 Å². The molecule has 1 saturated heterocycles. The summed E-state index contributed by atoms with van der Waals surface area (Å²) in [4.78, 5) is 9.08. The number of methoxy groups -OCH3 is 1. The van der Waals surface area contributed by atoms with Gasteiger partial charge in [-0.05, 0) is 29.5 Å². The van der Waals surface area contributed by atoms with Crippen molar-refractivity contribution in [3.05, 3.63) is 15.1 Å². The number of nitrogens with one attached hydrogen (secondary N) is 1. The molecule has 1 aromatic rings. The molecule has 2 rings (SSSR count). The highest BCUT2D eigenvalue weighted by atomic mass is 127. The molecule has 0 amide bonds. The zero-order valence-corrected chi connectivity index (χ0v) is 13.3. The van der Waals surface area contributed by atoms with Crippen LogP contribution in [0.4, 0.5) is 5.82 Å². The molecule has 0 bridgehead atoms. The monoisotopic (exact) mass is 379 g/mol. The highest BCUT2D eigenvalue weighted by Crippen LogP contribution is 2.24. The smallest absolute Gasteiger partial charge is 0.162 e. The first-order chi connectivity index (χ1) is 9.26. The lowest BCUT2D eigenvalue weighted by molar-refractivity contribution is -0.0936. The van der Waals surface area contributed by atoms with E-state index in [4.69, 9.17) is 14.2 Å². The molecule has 1 fully saturated rings. The van der Waals surface area contributed by atoms with Gasteiger partial charge < -0.3 is 19.5 Å². The summed E-state index contributed by atoms with van der Waals surface area (Å²) >= 11 is 2.24. The molecule has 1 aliphatic heterocycles. The molecule has 1 aliphatic rings. The molecule has 106 valence electrons. The number of ether oxygens (including phenoxy) is 3. The first kappa shape index (κ1) is 14.9. The molecule has 1 atom stereocenters. The number of rotatable bonds is 5. The van der Waals surface area contributed by atoms with Gasteiger partial charge in [-0.25, -0.2) is 9.97 Å². The highest BCUT2D eigenvalue weighted by Gasteiger charge is 2.22.